The second kappa shape index (κ2) is 7.15. The molecule has 4 rings (SSSR count). The predicted octanol–water partition coefficient (Wildman–Crippen LogP) is 2.53. The zero-order valence-corrected chi connectivity index (χ0v) is 14.5. The molecule has 1 unspecified atom stereocenters. The van der Waals surface area contributed by atoms with Gasteiger partial charge < -0.3 is 14.5 Å². The molecule has 2 aromatic rings. The molecule has 26 heavy (non-hydrogen) atoms. The number of likely N-dealkylation sites (tertiary alicyclic amines) is 2. The quantitative estimate of drug-likeness (QED) is 0.852. The molecule has 2 aliphatic heterocycles. The van der Waals surface area contributed by atoms with E-state index in [1.54, 1.807) is 23.2 Å². The van der Waals surface area contributed by atoms with E-state index in [1.807, 2.05) is 35.4 Å². The second-order valence-corrected chi connectivity index (χ2v) is 6.84. The third kappa shape index (κ3) is 3.40. The molecule has 6 heteroatoms. The Morgan fingerprint density at radius 2 is 1.81 bits per heavy atom. The van der Waals surface area contributed by atoms with E-state index in [-0.39, 0.29) is 17.9 Å². The van der Waals surface area contributed by atoms with Gasteiger partial charge in [0.2, 0.25) is 5.91 Å². The fourth-order valence-electron chi connectivity index (χ4n) is 3.53. The van der Waals surface area contributed by atoms with E-state index in [1.165, 1.54) is 5.56 Å². The van der Waals surface area contributed by atoms with Crippen LogP contribution in [0.25, 0.3) is 0 Å². The van der Waals surface area contributed by atoms with E-state index in [2.05, 4.69) is 11.1 Å². The van der Waals surface area contributed by atoms with Crippen LogP contribution in [0, 0.1) is 5.92 Å². The summed E-state index contributed by atoms with van der Waals surface area (Å²) in [4.78, 5) is 32.5. The number of pyridine rings is 1. The summed E-state index contributed by atoms with van der Waals surface area (Å²) in [7, 11) is 0. The van der Waals surface area contributed by atoms with Crippen molar-refractivity contribution in [2.24, 2.45) is 5.92 Å². The first-order valence-electron chi connectivity index (χ1n) is 8.91. The third-order valence-corrected chi connectivity index (χ3v) is 5.09. The molecule has 2 aliphatic rings. The van der Waals surface area contributed by atoms with Crippen molar-refractivity contribution in [1.82, 2.24) is 14.8 Å². The van der Waals surface area contributed by atoms with Gasteiger partial charge in [-0.2, -0.15) is 0 Å². The van der Waals surface area contributed by atoms with Crippen LogP contribution in [0.4, 0.5) is 4.79 Å². The summed E-state index contributed by atoms with van der Waals surface area (Å²) in [5.74, 6) is 0.899. The highest BCUT2D eigenvalue weighted by atomic mass is 16.6. The predicted molar refractivity (Wildman–Crippen MR) is 95.7 cm³/mol. The average Bonchev–Trinajstić information content (AvgIpc) is 3.12. The topological polar surface area (TPSA) is 62.7 Å². The number of nitrogens with zero attached hydrogens (tertiary/aromatic N) is 3. The lowest BCUT2D eigenvalue weighted by Gasteiger charge is -2.40. The number of carbonyl (C=O) groups excluding carboxylic acids is 2. The number of amides is 2. The van der Waals surface area contributed by atoms with Gasteiger partial charge in [0.1, 0.15) is 5.75 Å². The van der Waals surface area contributed by atoms with Crippen LogP contribution in [0.15, 0.2) is 54.9 Å². The number of hydrogen-bond donors (Lipinski definition) is 0. The molecular formula is C20H21N3O3. The zero-order chi connectivity index (χ0) is 17.9. The van der Waals surface area contributed by atoms with Crippen LogP contribution >= 0.6 is 0 Å². The Balaban J connectivity index is 1.27. The van der Waals surface area contributed by atoms with Crippen LogP contribution in [-0.2, 0) is 4.79 Å². The van der Waals surface area contributed by atoms with Crippen molar-refractivity contribution in [1.29, 1.82) is 0 Å². The van der Waals surface area contributed by atoms with Gasteiger partial charge in [-0.1, -0.05) is 24.3 Å². The van der Waals surface area contributed by atoms with Gasteiger partial charge in [0.05, 0.1) is 5.92 Å². The Kier molecular flexibility index (Phi) is 4.56. The maximum atomic E-state index is 12.7. The highest BCUT2D eigenvalue weighted by molar-refractivity contribution is 5.82. The summed E-state index contributed by atoms with van der Waals surface area (Å²) in [6.07, 6.45) is 3.93. The third-order valence-electron chi connectivity index (χ3n) is 5.09. The van der Waals surface area contributed by atoms with Crippen molar-refractivity contribution in [2.75, 3.05) is 26.2 Å². The Morgan fingerprint density at radius 1 is 1.00 bits per heavy atom. The highest BCUT2D eigenvalue weighted by Gasteiger charge is 2.39. The summed E-state index contributed by atoms with van der Waals surface area (Å²) < 4.78 is 5.36. The Labute approximate surface area is 152 Å². The lowest BCUT2D eigenvalue weighted by molar-refractivity contribution is -0.139. The smallest absolute Gasteiger partial charge is 0.410 e. The number of hydrogen-bond acceptors (Lipinski definition) is 4. The van der Waals surface area contributed by atoms with Crippen LogP contribution in [0.1, 0.15) is 17.9 Å². The minimum atomic E-state index is -0.386. The molecule has 0 radical (unpaired) electrons. The second-order valence-electron chi connectivity index (χ2n) is 6.84. The van der Waals surface area contributed by atoms with Gasteiger partial charge in [0, 0.05) is 44.5 Å². The number of para-hydroxylation sites is 1. The van der Waals surface area contributed by atoms with Crippen LogP contribution in [-0.4, -0.2) is 53.0 Å². The standard InChI is InChI=1S/C20H21N3O3/c24-19(23-13-17(14-23)15-5-4-9-21-11-15)16-8-10-22(12-16)20(25)26-18-6-2-1-3-7-18/h1-7,9,11,16-17H,8,10,12-14H2. The summed E-state index contributed by atoms with van der Waals surface area (Å²) in [6, 6.07) is 13.0. The number of rotatable bonds is 3. The van der Waals surface area contributed by atoms with Crippen molar-refractivity contribution in [3.63, 3.8) is 0 Å². The van der Waals surface area contributed by atoms with Gasteiger partial charge >= 0.3 is 6.09 Å². The van der Waals surface area contributed by atoms with E-state index in [9.17, 15) is 9.59 Å². The minimum absolute atomic E-state index is 0.131. The summed E-state index contributed by atoms with van der Waals surface area (Å²) in [5, 5.41) is 0. The first kappa shape index (κ1) is 16.6. The van der Waals surface area contributed by atoms with Gasteiger partial charge in [0.25, 0.3) is 0 Å². The lowest BCUT2D eigenvalue weighted by atomic mass is 9.91. The minimum Gasteiger partial charge on any atom is -0.410 e. The van der Waals surface area contributed by atoms with E-state index in [4.69, 9.17) is 4.74 Å². The maximum absolute atomic E-state index is 12.7. The van der Waals surface area contributed by atoms with E-state index >= 15 is 0 Å². The molecule has 2 amide bonds. The molecule has 0 saturated carbocycles. The maximum Gasteiger partial charge on any atom is 0.415 e. The summed E-state index contributed by atoms with van der Waals surface area (Å²) >= 11 is 0. The largest absolute Gasteiger partial charge is 0.415 e. The van der Waals surface area contributed by atoms with Crippen molar-refractivity contribution in [3.05, 3.63) is 60.4 Å². The Morgan fingerprint density at radius 3 is 2.54 bits per heavy atom. The molecule has 1 aromatic heterocycles. The number of ether oxygens (including phenoxy) is 1. The van der Waals surface area contributed by atoms with Gasteiger partial charge in [-0.25, -0.2) is 4.79 Å². The van der Waals surface area contributed by atoms with E-state index in [0.717, 1.165) is 13.1 Å². The number of aromatic nitrogens is 1. The molecular weight excluding hydrogens is 330 g/mol. The molecule has 0 bridgehead atoms. The fourth-order valence-corrected chi connectivity index (χ4v) is 3.53. The molecule has 1 aromatic carbocycles. The van der Waals surface area contributed by atoms with Gasteiger partial charge in [-0.15, -0.1) is 0 Å². The van der Waals surface area contributed by atoms with Crippen molar-refractivity contribution in [2.45, 2.75) is 12.3 Å². The molecule has 0 N–H and O–H groups in total. The van der Waals surface area contributed by atoms with Gasteiger partial charge in [-0.3, -0.25) is 9.78 Å². The Bertz CT molecular complexity index is 775. The van der Waals surface area contributed by atoms with Crippen LogP contribution < -0.4 is 4.74 Å². The highest BCUT2D eigenvalue weighted by Crippen LogP contribution is 2.30. The van der Waals surface area contributed by atoms with Gasteiger partial charge in [-0.05, 0) is 30.2 Å². The first-order chi connectivity index (χ1) is 12.7. The lowest BCUT2D eigenvalue weighted by Crippen LogP contribution is -2.51. The van der Waals surface area contributed by atoms with E-state index < -0.39 is 0 Å². The number of carbonyl (C=O) groups is 2. The normalized spacial score (nSPS) is 19.9. The first-order valence-corrected chi connectivity index (χ1v) is 8.91. The van der Waals surface area contributed by atoms with Crippen molar-refractivity contribution < 1.29 is 14.3 Å². The molecule has 1 atom stereocenters. The summed E-state index contributed by atoms with van der Waals surface area (Å²) in [5.41, 5.74) is 1.18. The molecule has 2 fully saturated rings. The molecule has 0 aliphatic carbocycles. The SMILES string of the molecule is O=C(Oc1ccccc1)N1CCC(C(=O)N2CC(c3cccnc3)C2)C1. The average molecular weight is 351 g/mol. The molecule has 134 valence electrons. The fraction of sp³-hybridized carbons (Fsp3) is 0.350. The molecule has 0 spiro atoms. The number of benzene rings is 1. The van der Waals surface area contributed by atoms with Crippen LogP contribution in [0.3, 0.4) is 0 Å². The van der Waals surface area contributed by atoms with Gasteiger partial charge in [0.15, 0.2) is 0 Å². The van der Waals surface area contributed by atoms with Crippen molar-refractivity contribution >= 4 is 12.0 Å². The Hall–Kier alpha value is -2.89. The molecule has 2 saturated heterocycles. The van der Waals surface area contributed by atoms with Crippen LogP contribution in [0.5, 0.6) is 5.75 Å². The van der Waals surface area contributed by atoms with Crippen molar-refractivity contribution in [3.8, 4) is 5.75 Å². The monoisotopic (exact) mass is 351 g/mol. The summed E-state index contributed by atoms with van der Waals surface area (Å²) in [6.45, 7) is 2.45. The van der Waals surface area contributed by atoms with Crippen LogP contribution in [0.2, 0.25) is 0 Å². The zero-order valence-electron chi connectivity index (χ0n) is 14.5. The molecule has 3 heterocycles. The van der Waals surface area contributed by atoms with E-state index in [0.29, 0.717) is 31.2 Å². The molecule has 6 nitrogen and oxygen atoms in total.